The number of hydrogen-bond acceptors (Lipinski definition) is 3. The lowest BCUT2D eigenvalue weighted by atomic mass is 10.2. The Morgan fingerprint density at radius 2 is 2.12 bits per heavy atom. The molecule has 0 aromatic carbocycles. The smallest absolute Gasteiger partial charge is 0.187 e. The van der Waals surface area contributed by atoms with E-state index in [1.165, 1.54) is 6.33 Å². The van der Waals surface area contributed by atoms with Gasteiger partial charge in [-0.05, 0) is 20.3 Å². The molecule has 1 rings (SSSR count). The van der Waals surface area contributed by atoms with Gasteiger partial charge in [0.15, 0.2) is 11.6 Å². The zero-order valence-electron chi connectivity index (χ0n) is 9.87. The minimum absolute atomic E-state index is 0.214. The molecule has 0 aliphatic rings. The summed E-state index contributed by atoms with van der Waals surface area (Å²) in [5.74, 6) is 0.112. The second-order valence-electron chi connectivity index (χ2n) is 3.79. The predicted molar refractivity (Wildman–Crippen MR) is 67.6 cm³/mol. The second kappa shape index (κ2) is 6.13. The highest BCUT2D eigenvalue weighted by Crippen LogP contribution is 2.20. The van der Waals surface area contributed by atoms with Crippen LogP contribution in [0, 0.1) is 5.82 Å². The third-order valence-electron chi connectivity index (χ3n) is 2.40. The molecule has 0 fully saturated rings. The van der Waals surface area contributed by atoms with Crippen molar-refractivity contribution in [3.05, 3.63) is 17.8 Å². The summed E-state index contributed by atoms with van der Waals surface area (Å²) in [7, 11) is 0. The number of alkyl halides is 1. The highest BCUT2D eigenvalue weighted by Gasteiger charge is 2.18. The first kappa shape index (κ1) is 13.4. The fourth-order valence-corrected chi connectivity index (χ4v) is 1.92. The number of halogens is 2. The molecule has 0 saturated heterocycles. The monoisotopic (exact) mass is 289 g/mol. The van der Waals surface area contributed by atoms with Crippen molar-refractivity contribution in [2.24, 2.45) is 0 Å². The number of aryl methyl sites for hydroxylation is 1. The summed E-state index contributed by atoms with van der Waals surface area (Å²) in [5, 5.41) is 0.788. The van der Waals surface area contributed by atoms with Gasteiger partial charge in [0.05, 0.1) is 5.69 Å². The molecule has 90 valence electrons. The van der Waals surface area contributed by atoms with E-state index < -0.39 is 0 Å². The number of hydrogen-bond donors (Lipinski definition) is 0. The molecule has 5 heteroatoms. The largest absolute Gasteiger partial charge is 0.351 e. The van der Waals surface area contributed by atoms with E-state index in [0.717, 1.165) is 11.9 Å². The average Bonchev–Trinajstić information content (AvgIpc) is 2.26. The van der Waals surface area contributed by atoms with Crippen molar-refractivity contribution in [3.8, 4) is 0 Å². The van der Waals surface area contributed by atoms with Gasteiger partial charge in [0.25, 0.3) is 0 Å². The molecule has 0 aliphatic heterocycles. The summed E-state index contributed by atoms with van der Waals surface area (Å²) in [4.78, 5) is 9.92. The summed E-state index contributed by atoms with van der Waals surface area (Å²) in [6.07, 6.45) is 2.02. The van der Waals surface area contributed by atoms with E-state index in [-0.39, 0.29) is 11.9 Å². The van der Waals surface area contributed by atoms with Gasteiger partial charge < -0.3 is 4.90 Å². The van der Waals surface area contributed by atoms with E-state index in [1.807, 2.05) is 25.7 Å². The van der Waals surface area contributed by atoms with Crippen molar-refractivity contribution in [2.45, 2.75) is 33.2 Å². The Labute approximate surface area is 104 Å². The van der Waals surface area contributed by atoms with E-state index >= 15 is 0 Å². The molecule has 3 nitrogen and oxygen atoms in total. The molecule has 0 unspecified atom stereocenters. The summed E-state index contributed by atoms with van der Waals surface area (Å²) >= 11 is 3.37. The maximum Gasteiger partial charge on any atom is 0.187 e. The number of nitrogens with zero attached hydrogens (tertiary/aromatic N) is 3. The second-order valence-corrected chi connectivity index (χ2v) is 4.58. The summed E-state index contributed by atoms with van der Waals surface area (Å²) < 4.78 is 14.0. The van der Waals surface area contributed by atoms with Gasteiger partial charge >= 0.3 is 0 Å². The fraction of sp³-hybridized carbons (Fsp3) is 0.636. The number of rotatable bonds is 5. The molecule has 0 N–H and O–H groups in total. The fourth-order valence-electron chi connectivity index (χ4n) is 1.54. The van der Waals surface area contributed by atoms with Crippen LogP contribution in [0.5, 0.6) is 0 Å². The molecular formula is C11H17BrFN3. The quantitative estimate of drug-likeness (QED) is 0.781. The number of anilines is 1. The van der Waals surface area contributed by atoms with Crippen molar-refractivity contribution >= 4 is 21.7 Å². The normalized spacial score (nSPS) is 10.9. The summed E-state index contributed by atoms with van der Waals surface area (Å²) in [6, 6.07) is 0.214. The minimum Gasteiger partial charge on any atom is -0.351 e. The van der Waals surface area contributed by atoms with E-state index in [1.54, 1.807) is 0 Å². The molecule has 0 bridgehead atoms. The number of aromatic nitrogens is 2. The summed E-state index contributed by atoms with van der Waals surface area (Å²) in [5.41, 5.74) is 0.477. The molecule has 1 aromatic heterocycles. The van der Waals surface area contributed by atoms with Gasteiger partial charge in [-0.2, -0.15) is 0 Å². The van der Waals surface area contributed by atoms with Crippen LogP contribution in [0.25, 0.3) is 0 Å². The van der Waals surface area contributed by atoms with Crippen molar-refractivity contribution in [1.82, 2.24) is 9.97 Å². The van der Waals surface area contributed by atoms with Crippen molar-refractivity contribution < 1.29 is 4.39 Å². The zero-order chi connectivity index (χ0) is 12.1. The molecule has 1 aromatic rings. The van der Waals surface area contributed by atoms with E-state index in [4.69, 9.17) is 0 Å². The molecule has 0 spiro atoms. The van der Waals surface area contributed by atoms with Gasteiger partial charge in [-0.15, -0.1) is 0 Å². The first-order valence-corrected chi connectivity index (χ1v) is 6.55. The van der Waals surface area contributed by atoms with Crippen LogP contribution in [-0.2, 0) is 6.42 Å². The van der Waals surface area contributed by atoms with Gasteiger partial charge in [-0.1, -0.05) is 22.9 Å². The van der Waals surface area contributed by atoms with E-state index in [0.29, 0.717) is 17.9 Å². The molecule has 1 heterocycles. The maximum atomic E-state index is 14.0. The third kappa shape index (κ3) is 2.90. The Morgan fingerprint density at radius 3 is 2.62 bits per heavy atom. The highest BCUT2D eigenvalue weighted by molar-refractivity contribution is 9.09. The van der Waals surface area contributed by atoms with Crippen LogP contribution in [0.4, 0.5) is 10.2 Å². The Hall–Kier alpha value is -0.710. The Morgan fingerprint density at radius 1 is 1.44 bits per heavy atom. The molecule has 0 atom stereocenters. The Balaban J connectivity index is 3.08. The standard InChI is InChI=1S/C11H17BrFN3/c1-4-9-10(13)11(15-7-14-9)16(6-5-12)8(2)3/h7-8H,4-6H2,1-3H3. The van der Waals surface area contributed by atoms with Gasteiger partial charge in [-0.25, -0.2) is 14.4 Å². The van der Waals surface area contributed by atoms with Gasteiger partial charge in [0.2, 0.25) is 0 Å². The molecule has 0 aliphatic carbocycles. The van der Waals surface area contributed by atoms with Crippen LogP contribution in [-0.4, -0.2) is 27.9 Å². The van der Waals surface area contributed by atoms with E-state index in [9.17, 15) is 4.39 Å². The van der Waals surface area contributed by atoms with Crippen molar-refractivity contribution in [3.63, 3.8) is 0 Å². The lowest BCUT2D eigenvalue weighted by Crippen LogP contribution is -2.34. The van der Waals surface area contributed by atoms with Crippen LogP contribution in [0.1, 0.15) is 26.5 Å². The molecule has 0 saturated carbocycles. The van der Waals surface area contributed by atoms with Crippen molar-refractivity contribution in [2.75, 3.05) is 16.8 Å². The molecule has 16 heavy (non-hydrogen) atoms. The van der Waals surface area contributed by atoms with Gasteiger partial charge in [0, 0.05) is 17.9 Å². The van der Waals surface area contributed by atoms with Crippen LogP contribution >= 0.6 is 15.9 Å². The first-order chi connectivity index (χ1) is 7.61. The van der Waals surface area contributed by atoms with Crippen LogP contribution < -0.4 is 4.90 Å². The molecule has 0 radical (unpaired) electrons. The highest BCUT2D eigenvalue weighted by atomic mass is 79.9. The van der Waals surface area contributed by atoms with Crippen LogP contribution in [0.2, 0.25) is 0 Å². The lowest BCUT2D eigenvalue weighted by Gasteiger charge is -2.27. The van der Waals surface area contributed by atoms with E-state index in [2.05, 4.69) is 25.9 Å². The molecular weight excluding hydrogens is 273 g/mol. The predicted octanol–water partition coefficient (Wildman–Crippen LogP) is 2.79. The van der Waals surface area contributed by atoms with Crippen LogP contribution in [0.15, 0.2) is 6.33 Å². The zero-order valence-corrected chi connectivity index (χ0v) is 11.5. The first-order valence-electron chi connectivity index (χ1n) is 5.43. The average molecular weight is 290 g/mol. The SMILES string of the molecule is CCc1ncnc(N(CCBr)C(C)C)c1F. The van der Waals surface area contributed by atoms with Crippen LogP contribution in [0.3, 0.4) is 0 Å². The van der Waals surface area contributed by atoms with Gasteiger partial charge in [0.1, 0.15) is 6.33 Å². The Kier molecular flexibility index (Phi) is 5.12. The third-order valence-corrected chi connectivity index (χ3v) is 2.75. The summed E-state index contributed by atoms with van der Waals surface area (Å²) in [6.45, 7) is 6.67. The Bertz CT molecular complexity index is 344. The topological polar surface area (TPSA) is 29.0 Å². The minimum atomic E-state index is -0.292. The molecule has 0 amide bonds. The maximum absolute atomic E-state index is 14.0. The van der Waals surface area contributed by atoms with Gasteiger partial charge in [-0.3, -0.25) is 0 Å². The van der Waals surface area contributed by atoms with Crippen molar-refractivity contribution in [1.29, 1.82) is 0 Å². The lowest BCUT2D eigenvalue weighted by molar-refractivity contribution is 0.573.